The van der Waals surface area contributed by atoms with Gasteiger partial charge in [-0.1, -0.05) is 19.3 Å². The van der Waals surface area contributed by atoms with Crippen LogP contribution >= 0.6 is 12.2 Å². The molecule has 0 aromatic heterocycles. The molecule has 2 aliphatic rings. The van der Waals surface area contributed by atoms with E-state index in [1.165, 1.54) is 23.6 Å². The van der Waals surface area contributed by atoms with Crippen molar-refractivity contribution in [3.8, 4) is 0 Å². The Labute approximate surface area is 149 Å². The number of hydrogen-bond donors (Lipinski definition) is 3. The molecule has 1 aliphatic carbocycles. The molecular formula is C15H28N4O3S2. The number of nitrogens with zero attached hydrogens (tertiary/aromatic N) is 1. The summed E-state index contributed by atoms with van der Waals surface area (Å²) in [7, 11) is -3.24. The Morgan fingerprint density at radius 2 is 1.83 bits per heavy atom. The quantitative estimate of drug-likeness (QED) is 0.498. The van der Waals surface area contributed by atoms with E-state index in [9.17, 15) is 13.2 Å². The Morgan fingerprint density at radius 3 is 2.50 bits per heavy atom. The monoisotopic (exact) mass is 376 g/mol. The molecular weight excluding hydrogens is 348 g/mol. The Hall–Kier alpha value is -0.930. The number of amides is 1. The lowest BCUT2D eigenvalue weighted by Gasteiger charge is -2.31. The number of hydrazine groups is 1. The minimum atomic E-state index is -3.24. The number of rotatable bonds is 4. The summed E-state index contributed by atoms with van der Waals surface area (Å²) in [6.07, 6.45) is 7.26. The van der Waals surface area contributed by atoms with E-state index < -0.39 is 10.0 Å². The van der Waals surface area contributed by atoms with Crippen LogP contribution in [0.4, 0.5) is 0 Å². The first-order chi connectivity index (χ1) is 11.4. The molecule has 9 heteroatoms. The SMILES string of the molecule is CCS(=O)(=O)N1CCCC(C(=O)NNC(=S)NC2CCCCC2)C1. The lowest BCUT2D eigenvalue weighted by atomic mass is 9.96. The zero-order valence-corrected chi connectivity index (χ0v) is 15.8. The van der Waals surface area contributed by atoms with E-state index in [1.54, 1.807) is 6.92 Å². The molecule has 0 aromatic carbocycles. The minimum absolute atomic E-state index is 0.0645. The van der Waals surface area contributed by atoms with Crippen molar-refractivity contribution < 1.29 is 13.2 Å². The third-order valence-corrected chi connectivity index (χ3v) is 6.82. The van der Waals surface area contributed by atoms with E-state index in [0.717, 1.165) is 12.8 Å². The summed E-state index contributed by atoms with van der Waals surface area (Å²) in [5, 5.41) is 3.64. The molecule has 24 heavy (non-hydrogen) atoms. The van der Waals surface area contributed by atoms with Crippen LogP contribution in [0.1, 0.15) is 51.9 Å². The molecule has 1 saturated carbocycles. The lowest BCUT2D eigenvalue weighted by Crippen LogP contribution is -2.53. The maximum Gasteiger partial charge on any atom is 0.242 e. The average molecular weight is 377 g/mol. The van der Waals surface area contributed by atoms with Gasteiger partial charge in [0.05, 0.1) is 11.7 Å². The first-order valence-corrected chi connectivity index (χ1v) is 10.8. The number of sulfonamides is 1. The smallest absolute Gasteiger partial charge is 0.242 e. The zero-order valence-electron chi connectivity index (χ0n) is 14.2. The molecule has 1 unspecified atom stereocenters. The van der Waals surface area contributed by atoms with E-state index in [4.69, 9.17) is 12.2 Å². The van der Waals surface area contributed by atoms with Gasteiger partial charge >= 0.3 is 0 Å². The fourth-order valence-electron chi connectivity index (χ4n) is 3.28. The van der Waals surface area contributed by atoms with Crippen LogP contribution in [0.2, 0.25) is 0 Å². The van der Waals surface area contributed by atoms with E-state index in [2.05, 4.69) is 16.2 Å². The van der Waals surface area contributed by atoms with Gasteiger partial charge in [-0.2, -0.15) is 0 Å². The Bertz CT molecular complexity index is 547. The molecule has 2 rings (SSSR count). The van der Waals surface area contributed by atoms with Gasteiger partial charge in [-0.3, -0.25) is 15.6 Å². The molecule has 2 fully saturated rings. The van der Waals surface area contributed by atoms with Crippen LogP contribution in [0.5, 0.6) is 0 Å². The maximum atomic E-state index is 12.3. The van der Waals surface area contributed by atoms with Crippen LogP contribution in [0, 0.1) is 5.92 Å². The molecule has 1 atom stereocenters. The van der Waals surface area contributed by atoms with Gasteiger partial charge < -0.3 is 5.32 Å². The summed E-state index contributed by atoms with van der Waals surface area (Å²) in [6.45, 7) is 2.36. The van der Waals surface area contributed by atoms with E-state index in [0.29, 0.717) is 30.5 Å². The molecule has 1 amide bonds. The topological polar surface area (TPSA) is 90.5 Å². The second-order valence-corrected chi connectivity index (χ2v) is 9.19. The Kier molecular flexibility index (Phi) is 7.24. The molecule has 0 spiro atoms. The second kappa shape index (κ2) is 8.96. The van der Waals surface area contributed by atoms with Crippen LogP contribution in [0.25, 0.3) is 0 Å². The van der Waals surface area contributed by atoms with E-state index in [1.807, 2.05) is 0 Å². The molecule has 138 valence electrons. The van der Waals surface area contributed by atoms with E-state index in [-0.39, 0.29) is 24.1 Å². The number of nitrogens with one attached hydrogen (secondary N) is 3. The van der Waals surface area contributed by atoms with Gasteiger partial charge in [0.25, 0.3) is 0 Å². The average Bonchev–Trinajstić information content (AvgIpc) is 2.60. The summed E-state index contributed by atoms with van der Waals surface area (Å²) in [4.78, 5) is 12.3. The van der Waals surface area contributed by atoms with Crippen molar-refractivity contribution in [2.24, 2.45) is 5.92 Å². The summed E-state index contributed by atoms with van der Waals surface area (Å²) >= 11 is 5.21. The van der Waals surface area contributed by atoms with Crippen LogP contribution in [0.15, 0.2) is 0 Å². The van der Waals surface area contributed by atoms with Crippen molar-refractivity contribution in [3.63, 3.8) is 0 Å². The highest BCUT2D eigenvalue weighted by molar-refractivity contribution is 7.89. The maximum absolute atomic E-state index is 12.3. The van der Waals surface area contributed by atoms with E-state index >= 15 is 0 Å². The van der Waals surface area contributed by atoms with Gasteiger partial charge in [-0.05, 0) is 44.8 Å². The van der Waals surface area contributed by atoms with Gasteiger partial charge in [0.1, 0.15) is 0 Å². The number of carbonyl (C=O) groups excluding carboxylic acids is 1. The number of thiocarbonyl (C=S) groups is 1. The van der Waals surface area contributed by atoms with Crippen LogP contribution < -0.4 is 16.2 Å². The van der Waals surface area contributed by atoms with Crippen molar-refractivity contribution in [1.29, 1.82) is 0 Å². The highest BCUT2D eigenvalue weighted by Gasteiger charge is 2.31. The Morgan fingerprint density at radius 1 is 1.12 bits per heavy atom. The zero-order chi connectivity index (χ0) is 17.6. The van der Waals surface area contributed by atoms with Gasteiger partial charge in [0, 0.05) is 19.1 Å². The third-order valence-electron chi connectivity index (χ3n) is 4.75. The largest absolute Gasteiger partial charge is 0.359 e. The van der Waals surface area contributed by atoms with Crippen molar-refractivity contribution >= 4 is 33.3 Å². The highest BCUT2D eigenvalue weighted by atomic mass is 32.2. The van der Waals surface area contributed by atoms with Crippen LogP contribution in [-0.4, -0.2) is 48.6 Å². The fraction of sp³-hybridized carbons (Fsp3) is 0.867. The normalized spacial score (nSPS) is 23.5. The predicted octanol–water partition coefficient (Wildman–Crippen LogP) is 0.876. The predicted molar refractivity (Wildman–Crippen MR) is 97.6 cm³/mol. The molecule has 0 bridgehead atoms. The summed E-state index contributed by atoms with van der Waals surface area (Å²) < 4.78 is 25.3. The van der Waals surface area contributed by atoms with Crippen LogP contribution in [0.3, 0.4) is 0 Å². The first kappa shape index (κ1) is 19.4. The summed E-state index contributed by atoms with van der Waals surface area (Å²) in [5.41, 5.74) is 5.37. The van der Waals surface area contributed by atoms with Gasteiger partial charge in [0.2, 0.25) is 15.9 Å². The van der Waals surface area contributed by atoms with Gasteiger partial charge in [-0.15, -0.1) is 0 Å². The van der Waals surface area contributed by atoms with Crippen molar-refractivity contribution in [2.75, 3.05) is 18.8 Å². The fourth-order valence-corrected chi connectivity index (χ4v) is 4.68. The van der Waals surface area contributed by atoms with Crippen molar-refractivity contribution in [1.82, 2.24) is 20.5 Å². The molecule has 1 aliphatic heterocycles. The number of carbonyl (C=O) groups is 1. The number of hydrogen-bond acceptors (Lipinski definition) is 4. The molecule has 7 nitrogen and oxygen atoms in total. The minimum Gasteiger partial charge on any atom is -0.359 e. The lowest BCUT2D eigenvalue weighted by molar-refractivity contribution is -0.126. The highest BCUT2D eigenvalue weighted by Crippen LogP contribution is 2.19. The Balaban J connectivity index is 1.76. The summed E-state index contributed by atoms with van der Waals surface area (Å²) in [5.74, 6) is -0.488. The summed E-state index contributed by atoms with van der Waals surface area (Å²) in [6, 6.07) is 0.371. The third kappa shape index (κ3) is 5.56. The second-order valence-electron chi connectivity index (χ2n) is 6.52. The molecule has 3 N–H and O–H groups in total. The van der Waals surface area contributed by atoms with Crippen LogP contribution in [-0.2, 0) is 14.8 Å². The van der Waals surface area contributed by atoms with Crippen molar-refractivity contribution in [2.45, 2.75) is 57.9 Å². The molecule has 0 aromatic rings. The van der Waals surface area contributed by atoms with Gasteiger partial charge in [0.15, 0.2) is 5.11 Å². The van der Waals surface area contributed by atoms with Crippen molar-refractivity contribution in [3.05, 3.63) is 0 Å². The first-order valence-electron chi connectivity index (χ1n) is 8.76. The molecule has 1 saturated heterocycles. The standard InChI is InChI=1S/C15H28N4O3S2/c1-2-24(21,22)19-10-6-7-12(11-19)14(20)17-18-15(23)16-13-8-4-3-5-9-13/h12-13H,2-11H2,1H3,(H,17,20)(H2,16,18,23). The number of piperidine rings is 1. The molecule has 1 heterocycles. The van der Waals surface area contributed by atoms with Gasteiger partial charge in [-0.25, -0.2) is 12.7 Å². The molecule has 0 radical (unpaired) electrons.